The normalized spacial score (nSPS) is 11.1. The van der Waals surface area contributed by atoms with Crippen LogP contribution in [0.2, 0.25) is 0 Å². The molecule has 1 aromatic heterocycles. The lowest BCUT2D eigenvalue weighted by Crippen LogP contribution is -2.18. The van der Waals surface area contributed by atoms with Crippen LogP contribution in [0.1, 0.15) is 48.5 Å². The molecule has 39 heavy (non-hydrogen) atoms. The first-order valence-electron chi connectivity index (χ1n) is 12.9. The van der Waals surface area contributed by atoms with Crippen molar-refractivity contribution in [1.29, 1.82) is 0 Å². The lowest BCUT2D eigenvalue weighted by atomic mass is 9.92. The lowest BCUT2D eigenvalue weighted by molar-refractivity contribution is 0.0697. The van der Waals surface area contributed by atoms with Crippen LogP contribution in [0.15, 0.2) is 91.1 Å². The zero-order chi connectivity index (χ0) is 27.5. The summed E-state index contributed by atoms with van der Waals surface area (Å²) in [6.07, 6.45) is 2.95. The maximum Gasteiger partial charge on any atom is 0.336 e. The third-order valence-electron chi connectivity index (χ3n) is 7.14. The van der Waals surface area contributed by atoms with Gasteiger partial charge in [0.25, 0.3) is 5.91 Å². The monoisotopic (exact) mass is 517 g/mol. The van der Waals surface area contributed by atoms with Gasteiger partial charge in [-0.05, 0) is 77.1 Å². The van der Waals surface area contributed by atoms with E-state index in [1.54, 1.807) is 25.2 Å². The van der Waals surface area contributed by atoms with E-state index in [1.165, 1.54) is 11.1 Å². The van der Waals surface area contributed by atoms with Gasteiger partial charge in [0.15, 0.2) is 0 Å². The predicted molar refractivity (Wildman–Crippen MR) is 155 cm³/mol. The molecule has 0 saturated carbocycles. The third kappa shape index (κ3) is 5.33. The van der Waals surface area contributed by atoms with Crippen LogP contribution in [0.25, 0.3) is 22.0 Å². The highest BCUT2D eigenvalue weighted by molar-refractivity contribution is 5.99. The van der Waals surface area contributed by atoms with Gasteiger partial charge in [0.2, 0.25) is 0 Å². The van der Waals surface area contributed by atoms with Crippen LogP contribution in [0, 0.1) is 6.92 Å². The Labute approximate surface area is 227 Å². The molecule has 5 rings (SSSR count). The Hall–Kier alpha value is -4.68. The highest BCUT2D eigenvalue weighted by atomic mass is 16.4. The van der Waals surface area contributed by atoms with Crippen molar-refractivity contribution in [3.63, 3.8) is 0 Å². The number of benzene rings is 4. The van der Waals surface area contributed by atoms with E-state index in [4.69, 9.17) is 5.73 Å². The predicted octanol–water partition coefficient (Wildman–Crippen LogP) is 5.77. The number of amides is 1. The van der Waals surface area contributed by atoms with Crippen LogP contribution in [0.5, 0.6) is 0 Å². The number of carboxylic acids is 1. The summed E-state index contributed by atoms with van der Waals surface area (Å²) in [7, 11) is 1.58. The maximum atomic E-state index is 12.5. The van der Waals surface area contributed by atoms with Gasteiger partial charge in [-0.3, -0.25) is 4.79 Å². The van der Waals surface area contributed by atoms with Crippen LogP contribution in [0.3, 0.4) is 0 Å². The molecule has 0 fully saturated rings. The van der Waals surface area contributed by atoms with Crippen molar-refractivity contribution in [3.05, 3.63) is 130 Å². The number of hydrogen-bond acceptors (Lipinski definition) is 3. The zero-order valence-electron chi connectivity index (χ0n) is 22.1. The average molecular weight is 518 g/mol. The summed E-state index contributed by atoms with van der Waals surface area (Å²) in [5.41, 5.74) is 14.3. The van der Waals surface area contributed by atoms with Gasteiger partial charge >= 0.3 is 5.97 Å². The number of fused-ring (bicyclic) bond motifs is 1. The van der Waals surface area contributed by atoms with E-state index in [0.717, 1.165) is 39.6 Å². The fourth-order valence-corrected chi connectivity index (χ4v) is 5.14. The number of hydrogen-bond donors (Lipinski definition) is 3. The largest absolute Gasteiger partial charge is 0.478 e. The minimum Gasteiger partial charge on any atom is -0.478 e. The molecule has 0 atom stereocenters. The Balaban J connectivity index is 1.66. The molecule has 0 bridgehead atoms. The molecule has 4 aromatic carbocycles. The number of carbonyl (C=O) groups is 2. The van der Waals surface area contributed by atoms with E-state index < -0.39 is 5.97 Å². The van der Waals surface area contributed by atoms with E-state index in [2.05, 4.69) is 40.3 Å². The summed E-state index contributed by atoms with van der Waals surface area (Å²) >= 11 is 0. The number of aromatic carboxylic acids is 1. The first kappa shape index (κ1) is 25.9. The second-order valence-corrected chi connectivity index (χ2v) is 9.81. The molecule has 4 N–H and O–H groups in total. The second-order valence-electron chi connectivity index (χ2n) is 9.81. The molecule has 0 saturated heterocycles. The summed E-state index contributed by atoms with van der Waals surface area (Å²) in [4.78, 5) is 24.7. The number of aryl methyl sites for hydroxylation is 1. The summed E-state index contributed by atoms with van der Waals surface area (Å²) in [6, 6.07) is 27.5. The number of rotatable bonds is 8. The number of aromatic nitrogens is 1. The molecule has 5 aromatic rings. The zero-order valence-corrected chi connectivity index (χ0v) is 22.1. The standard InChI is InChI=1S/C33H31N3O3/c1-21-8-12-27(30(14-21)33(38)39)28-17-24(32(37)35-2)10-11-25(28)19-36-20-26(15-22-6-4-3-5-7-22)29-16-23(18-34)9-13-31(29)36/h3-14,16-17,20H,15,18-19,34H2,1-2H3,(H,35,37)(H,38,39). The van der Waals surface area contributed by atoms with E-state index in [0.29, 0.717) is 24.2 Å². The van der Waals surface area contributed by atoms with E-state index in [1.807, 2.05) is 49.4 Å². The van der Waals surface area contributed by atoms with Gasteiger partial charge in [-0.1, -0.05) is 60.2 Å². The van der Waals surface area contributed by atoms with Crippen LogP contribution in [-0.2, 0) is 19.5 Å². The average Bonchev–Trinajstić information content (AvgIpc) is 3.29. The number of nitrogens with two attached hydrogens (primary N) is 1. The SMILES string of the molecule is CNC(=O)c1ccc(Cn2cc(Cc3ccccc3)c3cc(CN)ccc32)c(-c2ccc(C)cc2C(=O)O)c1. The Morgan fingerprint density at radius 1 is 0.872 bits per heavy atom. The Bertz CT molecular complexity index is 1690. The minimum absolute atomic E-state index is 0.208. The molecule has 6 heteroatoms. The van der Waals surface area contributed by atoms with Crippen LogP contribution < -0.4 is 11.1 Å². The number of nitrogens with one attached hydrogen (secondary N) is 1. The first-order valence-corrected chi connectivity index (χ1v) is 12.9. The molecule has 0 unspecified atom stereocenters. The van der Waals surface area contributed by atoms with Crippen molar-refractivity contribution < 1.29 is 14.7 Å². The second kappa shape index (κ2) is 11.0. The fraction of sp³-hybridized carbons (Fsp3) is 0.152. The van der Waals surface area contributed by atoms with Gasteiger partial charge in [0.1, 0.15) is 0 Å². The third-order valence-corrected chi connectivity index (χ3v) is 7.14. The van der Waals surface area contributed by atoms with Gasteiger partial charge in [-0.25, -0.2) is 4.79 Å². The number of carboxylic acid groups (broad SMARTS) is 1. The summed E-state index contributed by atoms with van der Waals surface area (Å²) < 4.78 is 2.20. The molecule has 0 spiro atoms. The van der Waals surface area contributed by atoms with Crippen molar-refractivity contribution in [2.45, 2.75) is 26.4 Å². The summed E-state index contributed by atoms with van der Waals surface area (Å²) in [5, 5.41) is 13.8. The van der Waals surface area contributed by atoms with Crippen molar-refractivity contribution in [2.75, 3.05) is 7.05 Å². The molecule has 0 radical (unpaired) electrons. The van der Waals surface area contributed by atoms with E-state index in [9.17, 15) is 14.7 Å². The van der Waals surface area contributed by atoms with Crippen molar-refractivity contribution in [3.8, 4) is 11.1 Å². The highest BCUT2D eigenvalue weighted by Crippen LogP contribution is 2.32. The minimum atomic E-state index is -1.00. The number of carbonyl (C=O) groups excluding carboxylic acids is 1. The van der Waals surface area contributed by atoms with Crippen molar-refractivity contribution in [1.82, 2.24) is 9.88 Å². The maximum absolute atomic E-state index is 12.5. The first-order chi connectivity index (χ1) is 18.9. The van der Waals surface area contributed by atoms with Crippen molar-refractivity contribution >= 4 is 22.8 Å². The van der Waals surface area contributed by atoms with Gasteiger partial charge in [-0.15, -0.1) is 0 Å². The van der Waals surface area contributed by atoms with E-state index >= 15 is 0 Å². The summed E-state index contributed by atoms with van der Waals surface area (Å²) in [6.45, 7) is 2.83. The molecule has 0 aliphatic rings. The van der Waals surface area contributed by atoms with Crippen molar-refractivity contribution in [2.24, 2.45) is 5.73 Å². The van der Waals surface area contributed by atoms with E-state index in [-0.39, 0.29) is 11.5 Å². The topological polar surface area (TPSA) is 97.4 Å². The number of nitrogens with zero attached hydrogens (tertiary/aromatic N) is 1. The van der Waals surface area contributed by atoms with Gasteiger partial charge < -0.3 is 20.7 Å². The van der Waals surface area contributed by atoms with Gasteiger partial charge in [0, 0.05) is 42.8 Å². The molecular formula is C33H31N3O3. The molecule has 196 valence electrons. The van der Waals surface area contributed by atoms with Crippen LogP contribution in [0.4, 0.5) is 0 Å². The van der Waals surface area contributed by atoms with Crippen LogP contribution in [-0.4, -0.2) is 28.6 Å². The molecule has 1 amide bonds. The smallest absolute Gasteiger partial charge is 0.336 e. The quantitative estimate of drug-likeness (QED) is 0.243. The Morgan fingerprint density at radius 3 is 2.38 bits per heavy atom. The molecule has 0 aliphatic heterocycles. The van der Waals surface area contributed by atoms with Gasteiger partial charge in [-0.2, -0.15) is 0 Å². The summed E-state index contributed by atoms with van der Waals surface area (Å²) in [5.74, 6) is -1.23. The Morgan fingerprint density at radius 2 is 1.67 bits per heavy atom. The molecule has 0 aliphatic carbocycles. The molecule has 6 nitrogen and oxygen atoms in total. The molecular weight excluding hydrogens is 486 g/mol. The van der Waals surface area contributed by atoms with Crippen LogP contribution >= 0.6 is 0 Å². The lowest BCUT2D eigenvalue weighted by Gasteiger charge is -2.16. The van der Waals surface area contributed by atoms with Gasteiger partial charge in [0.05, 0.1) is 5.56 Å². The molecule has 1 heterocycles. The fourth-order valence-electron chi connectivity index (χ4n) is 5.14. The Kier molecular flexibility index (Phi) is 7.30. The highest BCUT2D eigenvalue weighted by Gasteiger charge is 2.19.